The van der Waals surface area contributed by atoms with Gasteiger partial charge in [0.25, 0.3) is 0 Å². The Morgan fingerprint density at radius 1 is 1.10 bits per heavy atom. The summed E-state index contributed by atoms with van der Waals surface area (Å²) < 4.78 is 7.04. The van der Waals surface area contributed by atoms with E-state index in [9.17, 15) is 0 Å². The molecule has 6 heteroatoms. The molecule has 20 heavy (non-hydrogen) atoms. The second-order valence-corrected chi connectivity index (χ2v) is 5.99. The molecule has 0 saturated heterocycles. The van der Waals surface area contributed by atoms with Crippen LogP contribution in [-0.4, -0.2) is 9.97 Å². The molecule has 0 radical (unpaired) electrons. The lowest BCUT2D eigenvalue weighted by atomic mass is 10.1. The highest BCUT2D eigenvalue weighted by molar-refractivity contribution is 14.1. The molecule has 2 N–H and O–H groups in total. The van der Waals surface area contributed by atoms with Crippen LogP contribution in [0.1, 0.15) is 0 Å². The lowest BCUT2D eigenvalue weighted by Crippen LogP contribution is -2.02. The molecule has 0 aliphatic rings. The van der Waals surface area contributed by atoms with Gasteiger partial charge in [-0.05, 0) is 44.6 Å². The zero-order valence-electron chi connectivity index (χ0n) is 10.2. The molecule has 2 heterocycles. The Labute approximate surface area is 137 Å². The lowest BCUT2D eigenvalue weighted by Gasteiger charge is -2.08. The van der Waals surface area contributed by atoms with Gasteiger partial charge in [0.15, 0.2) is 11.6 Å². The van der Waals surface area contributed by atoms with Crippen LogP contribution in [0.4, 0.5) is 5.82 Å². The third-order valence-corrected chi connectivity index (χ3v) is 4.43. The molecule has 0 unspecified atom stereocenters. The molecule has 100 valence electrons. The maximum absolute atomic E-state index is 6.00. The largest absolute Gasteiger partial charge is 0.460 e. The zero-order chi connectivity index (χ0) is 14.1. The Kier molecular flexibility index (Phi) is 3.75. The molecule has 0 fully saturated rings. The van der Waals surface area contributed by atoms with E-state index < -0.39 is 0 Å². The molecule has 0 spiro atoms. The van der Waals surface area contributed by atoms with Crippen molar-refractivity contribution in [3.05, 3.63) is 50.7 Å². The van der Waals surface area contributed by atoms with Crippen molar-refractivity contribution in [2.45, 2.75) is 0 Å². The van der Waals surface area contributed by atoms with Gasteiger partial charge in [0.1, 0.15) is 5.82 Å². The average Bonchev–Trinajstić information content (AvgIpc) is 2.89. The lowest BCUT2D eigenvalue weighted by molar-refractivity contribution is 0.576. The normalized spacial score (nSPS) is 10.7. The van der Waals surface area contributed by atoms with E-state index in [0.29, 0.717) is 17.4 Å². The van der Waals surface area contributed by atoms with Gasteiger partial charge in [0.2, 0.25) is 0 Å². The Hall–Kier alpha value is -1.41. The minimum absolute atomic E-state index is 0.442. The molecule has 0 aliphatic heterocycles. The molecule has 0 saturated carbocycles. The van der Waals surface area contributed by atoms with Gasteiger partial charge in [-0.1, -0.05) is 30.3 Å². The standard InChI is InChI=1S/C14H9BrIN3O/c15-9-6-7-20-12(9)14-18-11(10(16)13(17)19-14)8-4-2-1-3-5-8/h1-7H,(H2,17,18,19). The summed E-state index contributed by atoms with van der Waals surface area (Å²) in [5.41, 5.74) is 7.80. The number of hydrogen-bond donors (Lipinski definition) is 1. The van der Waals surface area contributed by atoms with E-state index in [4.69, 9.17) is 10.2 Å². The molecule has 0 atom stereocenters. The zero-order valence-corrected chi connectivity index (χ0v) is 13.9. The first kappa shape index (κ1) is 13.6. The van der Waals surface area contributed by atoms with E-state index in [1.807, 2.05) is 30.3 Å². The number of nitrogens with zero attached hydrogens (tertiary/aromatic N) is 2. The number of aromatic nitrogens is 2. The van der Waals surface area contributed by atoms with E-state index in [1.165, 1.54) is 0 Å². The maximum Gasteiger partial charge on any atom is 0.199 e. The third-order valence-electron chi connectivity index (χ3n) is 2.74. The number of rotatable bonds is 2. The maximum atomic E-state index is 6.00. The minimum atomic E-state index is 0.442. The first-order chi connectivity index (χ1) is 9.66. The van der Waals surface area contributed by atoms with Crippen LogP contribution in [0.2, 0.25) is 0 Å². The van der Waals surface area contributed by atoms with Crippen LogP contribution in [0.25, 0.3) is 22.8 Å². The van der Waals surface area contributed by atoms with Gasteiger partial charge in [0, 0.05) is 5.56 Å². The Morgan fingerprint density at radius 2 is 1.85 bits per heavy atom. The minimum Gasteiger partial charge on any atom is -0.460 e. The van der Waals surface area contributed by atoms with E-state index in [2.05, 4.69) is 48.5 Å². The van der Waals surface area contributed by atoms with Gasteiger partial charge in [0.05, 0.1) is 20.0 Å². The SMILES string of the molecule is Nc1nc(-c2occc2Br)nc(-c2ccccc2)c1I. The summed E-state index contributed by atoms with van der Waals surface area (Å²) in [4.78, 5) is 8.88. The molecule has 0 aliphatic carbocycles. The van der Waals surface area contributed by atoms with Crippen LogP contribution in [0.5, 0.6) is 0 Å². The second kappa shape index (κ2) is 5.53. The molecular formula is C14H9BrIN3O. The molecule has 0 bridgehead atoms. The Morgan fingerprint density at radius 3 is 2.50 bits per heavy atom. The van der Waals surface area contributed by atoms with Gasteiger partial charge in [-0.2, -0.15) is 0 Å². The number of nitrogens with two attached hydrogens (primary N) is 1. The van der Waals surface area contributed by atoms with Crippen LogP contribution in [-0.2, 0) is 0 Å². The van der Waals surface area contributed by atoms with E-state index in [1.54, 1.807) is 12.3 Å². The van der Waals surface area contributed by atoms with Crippen molar-refractivity contribution in [2.75, 3.05) is 5.73 Å². The summed E-state index contributed by atoms with van der Waals surface area (Å²) in [5, 5.41) is 0. The fourth-order valence-electron chi connectivity index (χ4n) is 1.81. The van der Waals surface area contributed by atoms with Gasteiger partial charge >= 0.3 is 0 Å². The van der Waals surface area contributed by atoms with E-state index >= 15 is 0 Å². The number of halogens is 2. The van der Waals surface area contributed by atoms with Crippen LogP contribution in [0.15, 0.2) is 51.6 Å². The summed E-state index contributed by atoms with van der Waals surface area (Å²) in [7, 11) is 0. The summed E-state index contributed by atoms with van der Waals surface area (Å²) >= 11 is 5.57. The van der Waals surface area contributed by atoms with Crippen LogP contribution >= 0.6 is 38.5 Å². The molecule has 0 amide bonds. The highest BCUT2D eigenvalue weighted by Gasteiger charge is 2.16. The number of benzene rings is 1. The van der Waals surface area contributed by atoms with Gasteiger partial charge in [-0.15, -0.1) is 0 Å². The molecular weight excluding hydrogens is 433 g/mol. The van der Waals surface area contributed by atoms with Crippen molar-refractivity contribution in [3.8, 4) is 22.8 Å². The predicted molar refractivity (Wildman–Crippen MR) is 90.0 cm³/mol. The predicted octanol–water partition coefficient (Wildman–Crippen LogP) is 4.35. The molecule has 1 aromatic carbocycles. The number of hydrogen-bond acceptors (Lipinski definition) is 4. The molecule has 4 nitrogen and oxygen atoms in total. The Bertz CT molecular complexity index is 758. The summed E-state index contributed by atoms with van der Waals surface area (Å²) in [5.74, 6) is 1.49. The van der Waals surface area contributed by atoms with Crippen molar-refractivity contribution in [1.82, 2.24) is 9.97 Å². The average molecular weight is 442 g/mol. The van der Waals surface area contributed by atoms with Gasteiger partial charge in [-0.25, -0.2) is 9.97 Å². The Balaban J connectivity index is 2.21. The van der Waals surface area contributed by atoms with Crippen molar-refractivity contribution in [1.29, 1.82) is 0 Å². The van der Waals surface area contributed by atoms with Crippen LogP contribution < -0.4 is 5.73 Å². The fraction of sp³-hybridized carbons (Fsp3) is 0. The third kappa shape index (κ3) is 2.45. The smallest absolute Gasteiger partial charge is 0.199 e. The van der Waals surface area contributed by atoms with Crippen molar-refractivity contribution in [2.24, 2.45) is 0 Å². The van der Waals surface area contributed by atoms with Gasteiger partial charge in [-0.3, -0.25) is 0 Å². The number of anilines is 1. The monoisotopic (exact) mass is 441 g/mol. The van der Waals surface area contributed by atoms with Crippen LogP contribution in [0.3, 0.4) is 0 Å². The summed E-state index contributed by atoms with van der Waals surface area (Å²) in [6.07, 6.45) is 1.58. The highest BCUT2D eigenvalue weighted by atomic mass is 127. The van der Waals surface area contributed by atoms with Crippen molar-refractivity contribution in [3.63, 3.8) is 0 Å². The second-order valence-electron chi connectivity index (χ2n) is 4.06. The topological polar surface area (TPSA) is 64.9 Å². The quantitative estimate of drug-likeness (QED) is 0.600. The molecule has 2 aromatic heterocycles. The number of furan rings is 1. The summed E-state index contributed by atoms with van der Waals surface area (Å²) in [6, 6.07) is 11.7. The van der Waals surface area contributed by atoms with Crippen molar-refractivity contribution >= 4 is 44.3 Å². The molecule has 3 rings (SSSR count). The first-order valence-electron chi connectivity index (χ1n) is 5.78. The van der Waals surface area contributed by atoms with Gasteiger partial charge < -0.3 is 10.2 Å². The first-order valence-corrected chi connectivity index (χ1v) is 7.66. The number of nitrogen functional groups attached to an aromatic ring is 1. The van der Waals surface area contributed by atoms with E-state index in [-0.39, 0.29) is 0 Å². The highest BCUT2D eigenvalue weighted by Crippen LogP contribution is 2.32. The fourth-order valence-corrected chi connectivity index (χ4v) is 2.74. The molecule has 3 aromatic rings. The van der Waals surface area contributed by atoms with Crippen molar-refractivity contribution < 1.29 is 4.42 Å². The summed E-state index contributed by atoms with van der Waals surface area (Å²) in [6.45, 7) is 0. The van der Waals surface area contributed by atoms with Crippen LogP contribution in [0, 0.1) is 3.57 Å². The van der Waals surface area contributed by atoms with E-state index in [0.717, 1.165) is 19.3 Å².